The van der Waals surface area contributed by atoms with Gasteiger partial charge in [-0.05, 0) is 42.5 Å². The zero-order valence-electron chi connectivity index (χ0n) is 12.9. The van der Waals surface area contributed by atoms with Gasteiger partial charge in [0.05, 0.1) is 0 Å². The fourth-order valence-corrected chi connectivity index (χ4v) is 1.98. The van der Waals surface area contributed by atoms with Gasteiger partial charge in [-0.25, -0.2) is 0 Å². The Hall–Kier alpha value is -2.53. The number of carbonyl (C=O) groups is 2. The number of nitrogens with zero attached hydrogens (tertiary/aromatic N) is 1. The van der Waals surface area contributed by atoms with Gasteiger partial charge in [-0.1, -0.05) is 17.7 Å². The third-order valence-electron chi connectivity index (χ3n) is 3.17. The topological polar surface area (TPSA) is 58.6 Å². The number of benzene rings is 2. The van der Waals surface area contributed by atoms with Crippen LogP contribution in [0.25, 0.3) is 0 Å². The smallest absolute Gasteiger partial charge is 0.262 e. The van der Waals surface area contributed by atoms with Crippen molar-refractivity contribution in [3.05, 3.63) is 53.6 Å². The van der Waals surface area contributed by atoms with Crippen LogP contribution in [-0.4, -0.2) is 25.5 Å². The molecule has 0 saturated carbocycles. The minimum Gasteiger partial charge on any atom is -0.484 e. The lowest BCUT2D eigenvalue weighted by molar-refractivity contribution is -0.118. The second-order valence-electron chi connectivity index (χ2n) is 4.92. The van der Waals surface area contributed by atoms with Crippen LogP contribution in [0.5, 0.6) is 5.75 Å². The predicted molar refractivity (Wildman–Crippen MR) is 91.1 cm³/mol. The van der Waals surface area contributed by atoms with Crippen molar-refractivity contribution in [3.63, 3.8) is 0 Å². The summed E-state index contributed by atoms with van der Waals surface area (Å²) in [4.78, 5) is 24.8. The molecule has 0 saturated heterocycles. The molecule has 0 unspecified atom stereocenters. The maximum atomic E-state index is 11.9. The molecule has 2 aromatic carbocycles. The minimum absolute atomic E-state index is 0.0838. The Morgan fingerprint density at radius 1 is 1.17 bits per heavy atom. The van der Waals surface area contributed by atoms with Gasteiger partial charge >= 0.3 is 0 Å². The van der Waals surface area contributed by atoms with Crippen LogP contribution in [0, 0.1) is 0 Å². The number of halogens is 1. The second-order valence-corrected chi connectivity index (χ2v) is 5.36. The lowest BCUT2D eigenvalue weighted by Crippen LogP contribution is -2.23. The van der Waals surface area contributed by atoms with Crippen molar-refractivity contribution in [2.24, 2.45) is 0 Å². The molecule has 2 rings (SSSR count). The predicted octanol–water partition coefficient (Wildman–Crippen LogP) is 3.34. The van der Waals surface area contributed by atoms with Crippen molar-refractivity contribution in [1.82, 2.24) is 0 Å². The SMILES string of the molecule is CC(=O)N(C)c1cccc(NC(=O)COc2ccc(Cl)cc2)c1. The van der Waals surface area contributed by atoms with Crippen LogP contribution in [0.2, 0.25) is 5.02 Å². The molecule has 23 heavy (non-hydrogen) atoms. The van der Waals surface area contributed by atoms with E-state index in [0.717, 1.165) is 0 Å². The van der Waals surface area contributed by atoms with Crippen LogP contribution in [0.3, 0.4) is 0 Å². The first-order valence-corrected chi connectivity index (χ1v) is 7.36. The van der Waals surface area contributed by atoms with E-state index in [1.54, 1.807) is 55.6 Å². The van der Waals surface area contributed by atoms with Crippen molar-refractivity contribution in [2.75, 3.05) is 23.9 Å². The molecule has 0 aromatic heterocycles. The van der Waals surface area contributed by atoms with E-state index in [1.807, 2.05) is 0 Å². The summed E-state index contributed by atoms with van der Waals surface area (Å²) < 4.78 is 5.38. The molecule has 1 N–H and O–H groups in total. The molecule has 2 amide bonds. The average molecular weight is 333 g/mol. The fraction of sp³-hybridized carbons (Fsp3) is 0.176. The molecule has 0 aliphatic carbocycles. The molecule has 0 bridgehead atoms. The summed E-state index contributed by atoms with van der Waals surface area (Å²) in [5, 5.41) is 3.33. The van der Waals surface area contributed by atoms with Gasteiger partial charge in [-0.15, -0.1) is 0 Å². The lowest BCUT2D eigenvalue weighted by Gasteiger charge is -2.16. The van der Waals surface area contributed by atoms with Crippen molar-refractivity contribution >= 4 is 34.8 Å². The normalized spacial score (nSPS) is 10.0. The molecular formula is C17H17ClN2O3. The monoisotopic (exact) mass is 332 g/mol. The Bertz CT molecular complexity index is 701. The van der Waals surface area contributed by atoms with Crippen LogP contribution in [0.1, 0.15) is 6.92 Å². The highest BCUT2D eigenvalue weighted by molar-refractivity contribution is 6.30. The van der Waals surface area contributed by atoms with E-state index in [0.29, 0.717) is 22.1 Å². The van der Waals surface area contributed by atoms with Crippen molar-refractivity contribution < 1.29 is 14.3 Å². The Morgan fingerprint density at radius 3 is 2.52 bits per heavy atom. The van der Waals surface area contributed by atoms with Gasteiger partial charge in [0.25, 0.3) is 5.91 Å². The van der Waals surface area contributed by atoms with Gasteiger partial charge in [-0.2, -0.15) is 0 Å². The average Bonchev–Trinajstić information content (AvgIpc) is 2.53. The molecule has 0 radical (unpaired) electrons. The van der Waals surface area contributed by atoms with Crippen LogP contribution >= 0.6 is 11.6 Å². The first-order chi connectivity index (χ1) is 11.0. The van der Waals surface area contributed by atoms with E-state index >= 15 is 0 Å². The Kier molecular flexibility index (Phi) is 5.60. The first-order valence-electron chi connectivity index (χ1n) is 6.98. The number of carbonyl (C=O) groups excluding carboxylic acids is 2. The number of rotatable bonds is 5. The summed E-state index contributed by atoms with van der Waals surface area (Å²) in [5.41, 5.74) is 1.30. The summed E-state index contributed by atoms with van der Waals surface area (Å²) in [6.07, 6.45) is 0. The number of hydrogen-bond donors (Lipinski definition) is 1. The Morgan fingerprint density at radius 2 is 1.87 bits per heavy atom. The summed E-state index contributed by atoms with van der Waals surface area (Å²) in [5.74, 6) is 0.191. The van der Waals surface area contributed by atoms with Gasteiger partial charge in [0.1, 0.15) is 5.75 Å². The highest BCUT2D eigenvalue weighted by atomic mass is 35.5. The molecule has 0 aliphatic rings. The molecule has 6 heteroatoms. The van der Waals surface area contributed by atoms with Crippen LogP contribution < -0.4 is 15.0 Å². The lowest BCUT2D eigenvalue weighted by atomic mass is 10.2. The zero-order valence-corrected chi connectivity index (χ0v) is 13.6. The minimum atomic E-state index is -0.289. The quantitative estimate of drug-likeness (QED) is 0.913. The summed E-state index contributed by atoms with van der Waals surface area (Å²) >= 11 is 5.78. The van der Waals surface area contributed by atoms with Gasteiger partial charge < -0.3 is 15.0 Å². The molecule has 0 aliphatic heterocycles. The van der Waals surface area contributed by atoms with E-state index in [4.69, 9.17) is 16.3 Å². The third kappa shape index (κ3) is 5.00. The van der Waals surface area contributed by atoms with Crippen LogP contribution in [0.15, 0.2) is 48.5 Å². The molecule has 0 heterocycles. The highest BCUT2D eigenvalue weighted by Crippen LogP contribution is 2.19. The maximum absolute atomic E-state index is 11.9. The van der Waals surface area contributed by atoms with Crippen molar-refractivity contribution in [3.8, 4) is 5.75 Å². The maximum Gasteiger partial charge on any atom is 0.262 e. The number of nitrogens with one attached hydrogen (secondary N) is 1. The first kappa shape index (κ1) is 16.8. The third-order valence-corrected chi connectivity index (χ3v) is 3.43. The second kappa shape index (κ2) is 7.65. The van der Waals surface area contributed by atoms with Crippen LogP contribution in [0.4, 0.5) is 11.4 Å². The van der Waals surface area contributed by atoms with E-state index in [2.05, 4.69) is 5.32 Å². The van der Waals surface area contributed by atoms with Gasteiger partial charge in [0.15, 0.2) is 6.61 Å². The number of ether oxygens (including phenoxy) is 1. The molecule has 5 nitrogen and oxygen atoms in total. The summed E-state index contributed by atoms with van der Waals surface area (Å²) in [7, 11) is 1.67. The fourth-order valence-electron chi connectivity index (χ4n) is 1.85. The molecule has 0 atom stereocenters. The van der Waals surface area contributed by atoms with E-state index in [9.17, 15) is 9.59 Å². The van der Waals surface area contributed by atoms with Gasteiger partial charge in [-0.3, -0.25) is 9.59 Å². The van der Waals surface area contributed by atoms with Crippen LogP contribution in [-0.2, 0) is 9.59 Å². The number of amides is 2. The number of hydrogen-bond acceptors (Lipinski definition) is 3. The highest BCUT2D eigenvalue weighted by Gasteiger charge is 2.08. The molecule has 2 aromatic rings. The molecule has 0 fully saturated rings. The largest absolute Gasteiger partial charge is 0.484 e. The zero-order chi connectivity index (χ0) is 16.8. The Balaban J connectivity index is 1.93. The van der Waals surface area contributed by atoms with Gasteiger partial charge in [0, 0.05) is 30.4 Å². The van der Waals surface area contributed by atoms with E-state index in [1.165, 1.54) is 11.8 Å². The van der Waals surface area contributed by atoms with Crippen molar-refractivity contribution in [2.45, 2.75) is 6.92 Å². The summed E-state index contributed by atoms with van der Waals surface area (Å²) in [6, 6.07) is 13.8. The van der Waals surface area contributed by atoms with Crippen molar-refractivity contribution in [1.29, 1.82) is 0 Å². The van der Waals surface area contributed by atoms with E-state index in [-0.39, 0.29) is 18.4 Å². The van der Waals surface area contributed by atoms with E-state index < -0.39 is 0 Å². The number of anilines is 2. The van der Waals surface area contributed by atoms with Gasteiger partial charge in [0.2, 0.25) is 5.91 Å². The Labute approximate surface area is 139 Å². The molecule has 120 valence electrons. The molecular weight excluding hydrogens is 316 g/mol. The summed E-state index contributed by atoms with van der Waals surface area (Å²) in [6.45, 7) is 1.36. The standard InChI is InChI=1S/C17H17ClN2O3/c1-12(21)20(2)15-5-3-4-14(10-15)19-17(22)11-23-16-8-6-13(18)7-9-16/h3-10H,11H2,1-2H3,(H,19,22). The molecule has 0 spiro atoms.